The van der Waals surface area contributed by atoms with Crippen molar-refractivity contribution >= 4 is 15.9 Å². The summed E-state index contributed by atoms with van der Waals surface area (Å²) >= 11 is 0. The Bertz CT molecular complexity index is 653. The minimum Gasteiger partial charge on any atom is -0.350 e. The summed E-state index contributed by atoms with van der Waals surface area (Å²) < 4.78 is 22.7. The van der Waals surface area contributed by atoms with Crippen LogP contribution in [0.2, 0.25) is 0 Å². The Morgan fingerprint density at radius 1 is 1.48 bits per heavy atom. The van der Waals surface area contributed by atoms with Crippen molar-refractivity contribution in [2.24, 2.45) is 11.1 Å². The number of carbonyl (C=O) groups is 1. The van der Waals surface area contributed by atoms with E-state index in [9.17, 15) is 13.2 Å². The Labute approximate surface area is 125 Å². The Hall–Kier alpha value is -1.66. The summed E-state index contributed by atoms with van der Waals surface area (Å²) in [7, 11) is -3.73. The number of hydrogen-bond donors (Lipinski definition) is 2. The van der Waals surface area contributed by atoms with Gasteiger partial charge in [-0.3, -0.25) is 4.79 Å². The highest BCUT2D eigenvalue weighted by Gasteiger charge is 2.17. The van der Waals surface area contributed by atoms with Crippen molar-refractivity contribution in [3.63, 3.8) is 0 Å². The smallest absolute Gasteiger partial charge is 0.238 e. The number of primary sulfonamides is 1. The zero-order valence-electron chi connectivity index (χ0n) is 12.0. The zero-order chi connectivity index (χ0) is 15.5. The van der Waals surface area contributed by atoms with Crippen LogP contribution in [0, 0.1) is 5.92 Å². The molecule has 2 atom stereocenters. The van der Waals surface area contributed by atoms with Gasteiger partial charge in [0.2, 0.25) is 15.9 Å². The maximum absolute atomic E-state index is 12.0. The molecule has 1 aromatic carbocycles. The topological polar surface area (TPSA) is 89.3 Å². The van der Waals surface area contributed by atoms with Crippen LogP contribution in [0.5, 0.6) is 0 Å². The summed E-state index contributed by atoms with van der Waals surface area (Å²) in [6.45, 7) is 1.82. The molecule has 1 aliphatic rings. The van der Waals surface area contributed by atoms with Crippen molar-refractivity contribution in [2.45, 2.75) is 37.1 Å². The summed E-state index contributed by atoms with van der Waals surface area (Å²) in [6, 6.07) is 6.07. The van der Waals surface area contributed by atoms with Gasteiger partial charge in [-0.15, -0.1) is 0 Å². The first kappa shape index (κ1) is 15.7. The van der Waals surface area contributed by atoms with Gasteiger partial charge < -0.3 is 5.32 Å². The van der Waals surface area contributed by atoms with E-state index in [4.69, 9.17) is 5.14 Å². The molecule has 0 saturated carbocycles. The van der Waals surface area contributed by atoms with Crippen molar-refractivity contribution in [3.8, 4) is 0 Å². The number of nitrogens with two attached hydrogens (primary N) is 1. The van der Waals surface area contributed by atoms with Crippen LogP contribution in [-0.2, 0) is 14.8 Å². The third-order valence-corrected chi connectivity index (χ3v) is 4.54. The molecule has 114 valence electrons. The van der Waals surface area contributed by atoms with Crippen molar-refractivity contribution in [1.82, 2.24) is 5.32 Å². The van der Waals surface area contributed by atoms with Crippen LogP contribution in [0.3, 0.4) is 0 Å². The third kappa shape index (κ3) is 4.41. The van der Waals surface area contributed by atoms with Crippen molar-refractivity contribution in [1.29, 1.82) is 0 Å². The molecule has 1 aromatic rings. The Kier molecular flexibility index (Phi) is 4.80. The number of nitrogens with one attached hydrogen (secondary N) is 1. The van der Waals surface area contributed by atoms with Crippen LogP contribution >= 0.6 is 0 Å². The summed E-state index contributed by atoms with van der Waals surface area (Å²) in [5.41, 5.74) is 0.719. The van der Waals surface area contributed by atoms with E-state index in [1.54, 1.807) is 12.1 Å². The van der Waals surface area contributed by atoms with E-state index in [2.05, 4.69) is 17.5 Å². The van der Waals surface area contributed by atoms with E-state index in [0.29, 0.717) is 12.3 Å². The molecule has 1 aliphatic carbocycles. The van der Waals surface area contributed by atoms with E-state index < -0.39 is 10.0 Å². The van der Waals surface area contributed by atoms with Gasteiger partial charge in [0.05, 0.1) is 10.9 Å². The molecule has 0 heterocycles. The van der Waals surface area contributed by atoms with Gasteiger partial charge in [0, 0.05) is 6.42 Å². The molecule has 6 heteroatoms. The Morgan fingerprint density at radius 3 is 2.86 bits per heavy atom. The van der Waals surface area contributed by atoms with E-state index in [-0.39, 0.29) is 16.8 Å². The normalized spacial score (nSPS) is 19.4. The second-order valence-electron chi connectivity index (χ2n) is 5.38. The molecular formula is C15H20N2O3S. The van der Waals surface area contributed by atoms with Crippen LogP contribution in [0.15, 0.2) is 41.3 Å². The fraction of sp³-hybridized carbons (Fsp3) is 0.400. The predicted octanol–water partition coefficient (Wildman–Crippen LogP) is 1.87. The maximum Gasteiger partial charge on any atom is 0.238 e. The Morgan fingerprint density at radius 2 is 2.24 bits per heavy atom. The molecule has 3 N–H and O–H groups in total. The first-order chi connectivity index (χ1) is 9.86. The van der Waals surface area contributed by atoms with Crippen molar-refractivity contribution < 1.29 is 13.2 Å². The lowest BCUT2D eigenvalue weighted by molar-refractivity contribution is -0.122. The highest BCUT2D eigenvalue weighted by molar-refractivity contribution is 7.89. The minimum absolute atomic E-state index is 0.0277. The molecule has 1 amide bonds. The lowest BCUT2D eigenvalue weighted by Crippen LogP contribution is -2.28. The van der Waals surface area contributed by atoms with Crippen molar-refractivity contribution in [3.05, 3.63) is 42.0 Å². The van der Waals surface area contributed by atoms with Gasteiger partial charge in [-0.2, -0.15) is 0 Å². The van der Waals surface area contributed by atoms with Crippen molar-refractivity contribution in [2.75, 3.05) is 0 Å². The van der Waals surface area contributed by atoms with E-state index in [0.717, 1.165) is 18.4 Å². The molecule has 0 unspecified atom stereocenters. The van der Waals surface area contributed by atoms with E-state index in [1.807, 2.05) is 6.92 Å². The molecule has 2 rings (SSSR count). The fourth-order valence-corrected chi connectivity index (χ4v) is 3.02. The van der Waals surface area contributed by atoms with E-state index >= 15 is 0 Å². The van der Waals surface area contributed by atoms with Gasteiger partial charge in [-0.25, -0.2) is 13.6 Å². The highest BCUT2D eigenvalue weighted by atomic mass is 32.2. The monoisotopic (exact) mass is 308 g/mol. The quantitative estimate of drug-likeness (QED) is 0.814. The average Bonchev–Trinajstić information content (AvgIpc) is 2.90. The molecule has 0 fully saturated rings. The second kappa shape index (κ2) is 6.41. The lowest BCUT2D eigenvalue weighted by atomic mass is 10.0. The summed E-state index contributed by atoms with van der Waals surface area (Å²) in [4.78, 5) is 12.0. The van der Waals surface area contributed by atoms with Gasteiger partial charge in [0.1, 0.15) is 0 Å². The SMILES string of the molecule is C[C@H](NC(=O)C[C@H]1C=CCC1)c1cccc(S(N)(=O)=O)c1. The highest BCUT2D eigenvalue weighted by Crippen LogP contribution is 2.21. The van der Waals surface area contributed by atoms with Crippen LogP contribution in [0.4, 0.5) is 0 Å². The van der Waals surface area contributed by atoms with Gasteiger partial charge >= 0.3 is 0 Å². The maximum atomic E-state index is 12.0. The van der Waals surface area contributed by atoms with Gasteiger partial charge in [0.15, 0.2) is 0 Å². The lowest BCUT2D eigenvalue weighted by Gasteiger charge is -2.16. The first-order valence-corrected chi connectivity index (χ1v) is 8.49. The van der Waals surface area contributed by atoms with Crippen LogP contribution in [0.25, 0.3) is 0 Å². The fourth-order valence-electron chi connectivity index (χ4n) is 2.45. The van der Waals surface area contributed by atoms with Gasteiger partial charge in [0.25, 0.3) is 0 Å². The molecule has 0 aliphatic heterocycles. The molecule has 0 aromatic heterocycles. The largest absolute Gasteiger partial charge is 0.350 e. The molecule has 21 heavy (non-hydrogen) atoms. The molecule has 0 saturated heterocycles. The van der Waals surface area contributed by atoms with Crippen LogP contribution in [0.1, 0.15) is 37.8 Å². The Balaban J connectivity index is 2.01. The number of sulfonamides is 1. The summed E-state index contributed by atoms with van der Waals surface area (Å²) in [5.74, 6) is 0.285. The van der Waals surface area contributed by atoms with Crippen LogP contribution < -0.4 is 10.5 Å². The predicted molar refractivity (Wildman–Crippen MR) is 80.9 cm³/mol. The number of rotatable bonds is 5. The third-order valence-electron chi connectivity index (χ3n) is 3.62. The molecule has 0 radical (unpaired) electrons. The number of benzene rings is 1. The molecule has 0 bridgehead atoms. The molecule has 5 nitrogen and oxygen atoms in total. The van der Waals surface area contributed by atoms with Gasteiger partial charge in [-0.1, -0.05) is 24.3 Å². The van der Waals surface area contributed by atoms with E-state index in [1.165, 1.54) is 12.1 Å². The number of carbonyl (C=O) groups excluding carboxylic acids is 1. The van der Waals surface area contributed by atoms with Crippen LogP contribution in [-0.4, -0.2) is 14.3 Å². The number of amides is 1. The molecule has 0 spiro atoms. The first-order valence-electron chi connectivity index (χ1n) is 6.95. The average molecular weight is 308 g/mol. The van der Waals surface area contributed by atoms with Gasteiger partial charge in [-0.05, 0) is 43.4 Å². The number of hydrogen-bond acceptors (Lipinski definition) is 3. The second-order valence-corrected chi connectivity index (χ2v) is 6.94. The number of allylic oxidation sites excluding steroid dienone is 2. The standard InChI is InChI=1S/C15H20N2O3S/c1-11(17-15(18)9-12-5-2-3-6-12)13-7-4-8-14(10-13)21(16,19)20/h2,4-5,7-8,10-12H,3,6,9H2,1H3,(H,17,18)(H2,16,19,20)/t11-,12-/m0/s1. The summed E-state index contributed by atoms with van der Waals surface area (Å²) in [5, 5.41) is 8.01. The summed E-state index contributed by atoms with van der Waals surface area (Å²) in [6.07, 6.45) is 6.69. The molecular weight excluding hydrogens is 288 g/mol. The zero-order valence-corrected chi connectivity index (χ0v) is 12.8. The minimum atomic E-state index is -3.73.